The number of halogens is 1. The third kappa shape index (κ3) is 3.31. The molecular weight excluding hydrogens is 272 g/mol. The lowest BCUT2D eigenvalue weighted by Gasteiger charge is -2.09. The SMILES string of the molecule is Nc1cc(Br)nc(NCCC2CCOC2)n1. The molecule has 16 heavy (non-hydrogen) atoms. The van der Waals surface area contributed by atoms with Crippen molar-refractivity contribution in [3.8, 4) is 0 Å². The molecule has 0 amide bonds. The number of anilines is 2. The molecule has 6 heteroatoms. The van der Waals surface area contributed by atoms with Gasteiger partial charge >= 0.3 is 0 Å². The predicted octanol–water partition coefficient (Wildman–Crippen LogP) is 1.66. The standard InChI is InChI=1S/C10H15BrN4O/c11-8-5-9(12)15-10(14-8)13-3-1-7-2-4-16-6-7/h5,7H,1-4,6H2,(H3,12,13,14,15). The molecule has 0 spiro atoms. The van der Waals surface area contributed by atoms with Crippen LogP contribution in [0.25, 0.3) is 0 Å². The number of hydrogen-bond acceptors (Lipinski definition) is 5. The maximum Gasteiger partial charge on any atom is 0.225 e. The van der Waals surface area contributed by atoms with E-state index < -0.39 is 0 Å². The van der Waals surface area contributed by atoms with Crippen LogP contribution in [0.2, 0.25) is 0 Å². The largest absolute Gasteiger partial charge is 0.383 e. The number of rotatable bonds is 4. The minimum absolute atomic E-state index is 0.466. The summed E-state index contributed by atoms with van der Waals surface area (Å²) in [4.78, 5) is 8.27. The fourth-order valence-electron chi connectivity index (χ4n) is 1.71. The van der Waals surface area contributed by atoms with Gasteiger partial charge in [0, 0.05) is 25.8 Å². The maximum absolute atomic E-state index is 5.61. The van der Waals surface area contributed by atoms with Crippen molar-refractivity contribution in [1.29, 1.82) is 0 Å². The molecule has 0 aliphatic carbocycles. The molecule has 0 saturated carbocycles. The first-order chi connectivity index (χ1) is 7.74. The predicted molar refractivity (Wildman–Crippen MR) is 66.2 cm³/mol. The van der Waals surface area contributed by atoms with Gasteiger partial charge in [0.15, 0.2) is 0 Å². The maximum atomic E-state index is 5.61. The average Bonchev–Trinajstić information content (AvgIpc) is 2.69. The van der Waals surface area contributed by atoms with E-state index in [9.17, 15) is 0 Å². The molecule has 1 aliphatic heterocycles. The molecule has 1 atom stereocenters. The minimum Gasteiger partial charge on any atom is -0.383 e. The molecule has 2 rings (SSSR count). The van der Waals surface area contributed by atoms with Crippen molar-refractivity contribution < 1.29 is 4.74 Å². The molecule has 1 saturated heterocycles. The molecule has 88 valence electrons. The lowest BCUT2D eigenvalue weighted by atomic mass is 10.1. The Kier molecular flexibility index (Phi) is 3.95. The Balaban J connectivity index is 1.80. The zero-order chi connectivity index (χ0) is 11.4. The molecule has 0 aromatic carbocycles. The molecule has 1 aromatic rings. The highest BCUT2D eigenvalue weighted by molar-refractivity contribution is 9.10. The van der Waals surface area contributed by atoms with Crippen LogP contribution >= 0.6 is 15.9 Å². The van der Waals surface area contributed by atoms with E-state index in [-0.39, 0.29) is 0 Å². The van der Waals surface area contributed by atoms with Gasteiger partial charge in [-0.2, -0.15) is 4.98 Å². The van der Waals surface area contributed by atoms with Gasteiger partial charge in [0.2, 0.25) is 5.95 Å². The molecule has 1 aromatic heterocycles. The van der Waals surface area contributed by atoms with Gasteiger partial charge in [0.1, 0.15) is 10.4 Å². The van der Waals surface area contributed by atoms with Crippen LogP contribution in [0.15, 0.2) is 10.7 Å². The van der Waals surface area contributed by atoms with Crippen LogP contribution in [0, 0.1) is 5.92 Å². The number of ether oxygens (including phenoxy) is 1. The van der Waals surface area contributed by atoms with Gasteiger partial charge in [0.25, 0.3) is 0 Å². The van der Waals surface area contributed by atoms with E-state index in [1.54, 1.807) is 6.07 Å². The Morgan fingerprint density at radius 3 is 3.12 bits per heavy atom. The minimum atomic E-state index is 0.466. The Morgan fingerprint density at radius 1 is 1.56 bits per heavy atom. The summed E-state index contributed by atoms with van der Waals surface area (Å²) in [7, 11) is 0. The summed E-state index contributed by atoms with van der Waals surface area (Å²) in [5.41, 5.74) is 5.61. The summed E-state index contributed by atoms with van der Waals surface area (Å²) in [6.45, 7) is 2.62. The molecule has 5 nitrogen and oxygen atoms in total. The quantitative estimate of drug-likeness (QED) is 0.824. The van der Waals surface area contributed by atoms with Crippen LogP contribution < -0.4 is 11.1 Å². The van der Waals surface area contributed by atoms with E-state index in [0.29, 0.717) is 22.3 Å². The second-order valence-corrected chi connectivity index (χ2v) is 4.70. The van der Waals surface area contributed by atoms with Crippen LogP contribution in [0.1, 0.15) is 12.8 Å². The summed E-state index contributed by atoms with van der Waals surface area (Å²) in [5, 5.41) is 3.17. The highest BCUT2D eigenvalue weighted by Crippen LogP contribution is 2.17. The average molecular weight is 287 g/mol. The van der Waals surface area contributed by atoms with E-state index in [2.05, 4.69) is 31.2 Å². The fraction of sp³-hybridized carbons (Fsp3) is 0.600. The summed E-state index contributed by atoms with van der Waals surface area (Å²) in [5.74, 6) is 1.70. The number of nitrogens with zero attached hydrogens (tertiary/aromatic N) is 2. The van der Waals surface area contributed by atoms with E-state index >= 15 is 0 Å². The first-order valence-electron chi connectivity index (χ1n) is 5.36. The van der Waals surface area contributed by atoms with Gasteiger partial charge in [-0.05, 0) is 34.7 Å². The summed E-state index contributed by atoms with van der Waals surface area (Å²) in [6.07, 6.45) is 2.24. The van der Waals surface area contributed by atoms with Crippen molar-refractivity contribution in [1.82, 2.24) is 9.97 Å². The summed E-state index contributed by atoms with van der Waals surface area (Å²) >= 11 is 3.28. The molecule has 1 unspecified atom stereocenters. The Morgan fingerprint density at radius 2 is 2.44 bits per heavy atom. The molecule has 2 heterocycles. The first kappa shape index (κ1) is 11.6. The first-order valence-corrected chi connectivity index (χ1v) is 6.15. The van der Waals surface area contributed by atoms with E-state index in [4.69, 9.17) is 10.5 Å². The molecule has 0 bridgehead atoms. The normalized spacial score (nSPS) is 19.9. The van der Waals surface area contributed by atoms with Crippen LogP contribution in [0.4, 0.5) is 11.8 Å². The topological polar surface area (TPSA) is 73.1 Å². The van der Waals surface area contributed by atoms with Crippen LogP contribution in [-0.4, -0.2) is 29.7 Å². The van der Waals surface area contributed by atoms with Crippen LogP contribution in [0.3, 0.4) is 0 Å². The van der Waals surface area contributed by atoms with Crippen LogP contribution in [0.5, 0.6) is 0 Å². The van der Waals surface area contributed by atoms with Crippen LogP contribution in [-0.2, 0) is 4.74 Å². The van der Waals surface area contributed by atoms with Gasteiger partial charge < -0.3 is 15.8 Å². The van der Waals surface area contributed by atoms with E-state index in [1.807, 2.05) is 0 Å². The fourth-order valence-corrected chi connectivity index (χ4v) is 2.12. The van der Waals surface area contributed by atoms with Crippen molar-refractivity contribution in [2.75, 3.05) is 30.8 Å². The number of nitrogens with two attached hydrogens (primary N) is 1. The highest BCUT2D eigenvalue weighted by atomic mass is 79.9. The van der Waals surface area contributed by atoms with Crippen molar-refractivity contribution in [3.05, 3.63) is 10.7 Å². The molecule has 3 N–H and O–H groups in total. The zero-order valence-electron chi connectivity index (χ0n) is 8.95. The smallest absolute Gasteiger partial charge is 0.225 e. The van der Waals surface area contributed by atoms with Crippen molar-refractivity contribution in [2.45, 2.75) is 12.8 Å². The van der Waals surface area contributed by atoms with Gasteiger partial charge in [-0.1, -0.05) is 0 Å². The molecule has 0 radical (unpaired) electrons. The number of nitrogen functional groups attached to an aromatic ring is 1. The zero-order valence-corrected chi connectivity index (χ0v) is 10.5. The summed E-state index contributed by atoms with van der Waals surface area (Å²) in [6, 6.07) is 1.68. The third-order valence-electron chi connectivity index (χ3n) is 2.57. The van der Waals surface area contributed by atoms with Gasteiger partial charge in [-0.25, -0.2) is 4.98 Å². The number of aromatic nitrogens is 2. The second-order valence-electron chi connectivity index (χ2n) is 3.88. The van der Waals surface area contributed by atoms with Crippen molar-refractivity contribution in [2.24, 2.45) is 5.92 Å². The molecule has 1 fully saturated rings. The molecule has 1 aliphatic rings. The second kappa shape index (κ2) is 5.45. The van der Waals surface area contributed by atoms with Gasteiger partial charge in [-0.15, -0.1) is 0 Å². The van der Waals surface area contributed by atoms with Crippen molar-refractivity contribution in [3.63, 3.8) is 0 Å². The van der Waals surface area contributed by atoms with Gasteiger partial charge in [0.05, 0.1) is 0 Å². The van der Waals surface area contributed by atoms with E-state index in [0.717, 1.165) is 32.6 Å². The Hall–Kier alpha value is -0.880. The lowest BCUT2D eigenvalue weighted by Crippen LogP contribution is -2.11. The Bertz CT molecular complexity index is 334. The monoisotopic (exact) mass is 286 g/mol. The summed E-state index contributed by atoms with van der Waals surface area (Å²) < 4.78 is 6.01. The Labute approximate surface area is 103 Å². The van der Waals surface area contributed by atoms with E-state index in [1.165, 1.54) is 0 Å². The number of nitrogens with one attached hydrogen (secondary N) is 1. The highest BCUT2D eigenvalue weighted by Gasteiger charge is 2.14. The number of hydrogen-bond donors (Lipinski definition) is 2. The van der Waals surface area contributed by atoms with Gasteiger partial charge in [-0.3, -0.25) is 0 Å². The molecular formula is C10H15BrN4O. The lowest BCUT2D eigenvalue weighted by molar-refractivity contribution is 0.185. The third-order valence-corrected chi connectivity index (χ3v) is 2.98. The van der Waals surface area contributed by atoms with Crippen molar-refractivity contribution >= 4 is 27.7 Å².